The van der Waals surface area contributed by atoms with E-state index in [9.17, 15) is 4.79 Å². The Morgan fingerprint density at radius 1 is 1.12 bits per heavy atom. The van der Waals surface area contributed by atoms with Crippen LogP contribution in [0.1, 0.15) is 51.4 Å². The van der Waals surface area contributed by atoms with Crippen LogP contribution in [0.4, 0.5) is 0 Å². The topological polar surface area (TPSA) is 32.3 Å². The Kier molecular flexibility index (Phi) is 4.84. The van der Waals surface area contributed by atoms with Gasteiger partial charge in [-0.25, -0.2) is 0 Å². The summed E-state index contributed by atoms with van der Waals surface area (Å²) in [6.45, 7) is 1.98. The minimum Gasteiger partial charge on any atom is -0.344 e. The maximum atomic E-state index is 12.2. The molecule has 1 aliphatic carbocycles. The van der Waals surface area contributed by atoms with Crippen LogP contribution >= 0.6 is 0 Å². The quantitative estimate of drug-likeness (QED) is 0.817. The van der Waals surface area contributed by atoms with E-state index in [1.165, 1.54) is 44.9 Å². The molecule has 17 heavy (non-hydrogen) atoms. The molecule has 2 rings (SSSR count). The fourth-order valence-electron chi connectivity index (χ4n) is 3.18. The van der Waals surface area contributed by atoms with E-state index >= 15 is 0 Å². The van der Waals surface area contributed by atoms with Crippen molar-refractivity contribution in [3.05, 3.63) is 0 Å². The fourth-order valence-corrected chi connectivity index (χ4v) is 3.18. The first kappa shape index (κ1) is 12.9. The van der Waals surface area contributed by atoms with Gasteiger partial charge in [-0.15, -0.1) is 0 Å². The number of likely N-dealkylation sites (N-methyl/N-ethyl adjacent to an activating group) is 1. The van der Waals surface area contributed by atoms with Crippen molar-refractivity contribution in [2.75, 3.05) is 20.1 Å². The van der Waals surface area contributed by atoms with Crippen molar-refractivity contribution in [3.8, 4) is 0 Å². The van der Waals surface area contributed by atoms with Gasteiger partial charge in [0.05, 0.1) is 6.04 Å². The summed E-state index contributed by atoms with van der Waals surface area (Å²) in [7, 11) is 1.98. The molecule has 0 aromatic carbocycles. The highest BCUT2D eigenvalue weighted by atomic mass is 16.2. The summed E-state index contributed by atoms with van der Waals surface area (Å²) in [4.78, 5) is 14.2. The minimum absolute atomic E-state index is 0.0948. The van der Waals surface area contributed by atoms with Gasteiger partial charge in [-0.2, -0.15) is 0 Å². The maximum absolute atomic E-state index is 12.2. The summed E-state index contributed by atoms with van der Waals surface area (Å²) >= 11 is 0. The molecule has 3 heteroatoms. The summed E-state index contributed by atoms with van der Waals surface area (Å²) in [5.41, 5.74) is 0. The number of amides is 1. The zero-order valence-corrected chi connectivity index (χ0v) is 11.1. The standard InChI is InChI=1S/C14H26N2O/c1-16(11-12-7-3-2-4-8-12)14(17)13-9-5-6-10-15-13/h12-13,15H,2-11H2,1H3. The molecule has 98 valence electrons. The highest BCUT2D eigenvalue weighted by Gasteiger charge is 2.25. The molecular formula is C14H26N2O. The molecule has 0 spiro atoms. The predicted octanol–water partition coefficient (Wildman–Crippen LogP) is 2.17. The van der Waals surface area contributed by atoms with Crippen LogP contribution in [0.15, 0.2) is 0 Å². The van der Waals surface area contributed by atoms with Gasteiger partial charge >= 0.3 is 0 Å². The van der Waals surface area contributed by atoms with Gasteiger partial charge in [0, 0.05) is 13.6 Å². The van der Waals surface area contributed by atoms with Gasteiger partial charge < -0.3 is 10.2 Å². The number of nitrogens with zero attached hydrogens (tertiary/aromatic N) is 1. The number of piperidine rings is 1. The smallest absolute Gasteiger partial charge is 0.239 e. The van der Waals surface area contributed by atoms with Crippen LogP contribution < -0.4 is 5.32 Å². The van der Waals surface area contributed by atoms with Crippen molar-refractivity contribution in [1.29, 1.82) is 0 Å². The third-order valence-corrected chi connectivity index (χ3v) is 4.24. The largest absolute Gasteiger partial charge is 0.344 e. The van der Waals surface area contributed by atoms with Gasteiger partial charge in [-0.1, -0.05) is 25.7 Å². The molecule has 0 aromatic rings. The van der Waals surface area contributed by atoms with Gasteiger partial charge in [0.15, 0.2) is 0 Å². The summed E-state index contributed by atoms with van der Waals surface area (Å²) in [5, 5.41) is 3.35. The number of carbonyl (C=O) groups excluding carboxylic acids is 1. The van der Waals surface area contributed by atoms with Crippen molar-refractivity contribution in [3.63, 3.8) is 0 Å². The Hall–Kier alpha value is -0.570. The van der Waals surface area contributed by atoms with Crippen molar-refractivity contribution >= 4 is 5.91 Å². The molecule has 0 bridgehead atoms. The molecule has 2 fully saturated rings. The van der Waals surface area contributed by atoms with Gasteiger partial charge in [0.1, 0.15) is 0 Å². The van der Waals surface area contributed by atoms with Crippen LogP contribution in [-0.2, 0) is 4.79 Å². The van der Waals surface area contributed by atoms with Crippen LogP contribution in [0.3, 0.4) is 0 Å². The molecule has 1 amide bonds. The van der Waals surface area contributed by atoms with E-state index in [-0.39, 0.29) is 6.04 Å². The van der Waals surface area contributed by atoms with Crippen LogP contribution in [-0.4, -0.2) is 37.0 Å². The Morgan fingerprint density at radius 2 is 1.82 bits per heavy atom. The second kappa shape index (κ2) is 6.39. The van der Waals surface area contributed by atoms with Crippen LogP contribution in [0.25, 0.3) is 0 Å². The lowest BCUT2D eigenvalue weighted by Gasteiger charge is -2.31. The van der Waals surface area contributed by atoms with Crippen molar-refractivity contribution < 1.29 is 4.79 Å². The number of hydrogen-bond acceptors (Lipinski definition) is 2. The summed E-state index contributed by atoms with van der Waals surface area (Å²) in [6.07, 6.45) is 10.2. The van der Waals surface area contributed by atoms with Gasteiger partial charge in [-0.05, 0) is 38.1 Å². The van der Waals surface area contributed by atoms with Gasteiger partial charge in [-0.3, -0.25) is 4.79 Å². The second-order valence-corrected chi connectivity index (χ2v) is 5.73. The van der Waals surface area contributed by atoms with Gasteiger partial charge in [0.25, 0.3) is 0 Å². The minimum atomic E-state index is 0.0948. The molecule has 1 saturated heterocycles. The highest BCUT2D eigenvalue weighted by Crippen LogP contribution is 2.24. The normalized spacial score (nSPS) is 26.8. The molecule has 1 N–H and O–H groups in total. The summed E-state index contributed by atoms with van der Waals surface area (Å²) in [5.74, 6) is 1.07. The first-order valence-corrected chi connectivity index (χ1v) is 7.26. The number of hydrogen-bond donors (Lipinski definition) is 1. The van der Waals surface area contributed by atoms with E-state index in [1.54, 1.807) is 0 Å². The highest BCUT2D eigenvalue weighted by molar-refractivity contribution is 5.81. The van der Waals surface area contributed by atoms with Crippen molar-refractivity contribution in [2.45, 2.75) is 57.4 Å². The molecule has 1 heterocycles. The van der Waals surface area contributed by atoms with E-state index < -0.39 is 0 Å². The maximum Gasteiger partial charge on any atom is 0.239 e. The van der Waals surface area contributed by atoms with E-state index in [2.05, 4.69) is 5.32 Å². The van der Waals surface area contributed by atoms with Gasteiger partial charge in [0.2, 0.25) is 5.91 Å². The molecule has 3 nitrogen and oxygen atoms in total. The lowest BCUT2D eigenvalue weighted by molar-refractivity contribution is -0.133. The Balaban J connectivity index is 1.77. The molecule has 2 aliphatic rings. The molecule has 1 atom stereocenters. The molecule has 0 radical (unpaired) electrons. The first-order valence-electron chi connectivity index (χ1n) is 7.26. The SMILES string of the molecule is CN(CC1CCCCC1)C(=O)C1CCCCN1. The fraction of sp³-hybridized carbons (Fsp3) is 0.929. The number of carbonyl (C=O) groups is 1. The van der Waals surface area contributed by atoms with Crippen LogP contribution in [0, 0.1) is 5.92 Å². The van der Waals surface area contributed by atoms with E-state index in [1.807, 2.05) is 11.9 Å². The third-order valence-electron chi connectivity index (χ3n) is 4.24. The Morgan fingerprint density at radius 3 is 2.47 bits per heavy atom. The van der Waals surface area contributed by atoms with E-state index in [0.717, 1.165) is 25.4 Å². The molecule has 1 aliphatic heterocycles. The average molecular weight is 238 g/mol. The van der Waals surface area contributed by atoms with Crippen molar-refractivity contribution in [2.24, 2.45) is 5.92 Å². The summed E-state index contributed by atoms with van der Waals surface area (Å²) in [6, 6.07) is 0.0948. The average Bonchev–Trinajstić information content (AvgIpc) is 2.40. The number of nitrogens with one attached hydrogen (secondary N) is 1. The lowest BCUT2D eigenvalue weighted by atomic mass is 9.89. The monoisotopic (exact) mass is 238 g/mol. The van der Waals surface area contributed by atoms with Crippen molar-refractivity contribution in [1.82, 2.24) is 10.2 Å². The first-order chi connectivity index (χ1) is 8.27. The molecule has 1 unspecified atom stereocenters. The zero-order chi connectivity index (χ0) is 12.1. The zero-order valence-electron chi connectivity index (χ0n) is 11.1. The van der Waals surface area contributed by atoms with E-state index in [4.69, 9.17) is 0 Å². The van der Waals surface area contributed by atoms with E-state index in [0.29, 0.717) is 5.91 Å². The number of rotatable bonds is 3. The molecule has 0 aromatic heterocycles. The van der Waals surface area contributed by atoms with Crippen LogP contribution in [0.5, 0.6) is 0 Å². The Bertz CT molecular complexity index is 243. The summed E-state index contributed by atoms with van der Waals surface area (Å²) < 4.78 is 0. The second-order valence-electron chi connectivity index (χ2n) is 5.73. The predicted molar refractivity (Wildman–Crippen MR) is 69.9 cm³/mol. The van der Waals surface area contributed by atoms with Crippen LogP contribution in [0.2, 0.25) is 0 Å². The molecule has 1 saturated carbocycles. The third kappa shape index (κ3) is 3.70. The lowest BCUT2D eigenvalue weighted by Crippen LogP contribution is -2.48. The molecular weight excluding hydrogens is 212 g/mol. The Labute approximate surface area is 105 Å².